The minimum atomic E-state index is -0.144. The largest absolute Gasteiger partial charge is 0.507 e. The van der Waals surface area contributed by atoms with Crippen LogP contribution in [0.4, 0.5) is 5.69 Å². The topological polar surface area (TPSA) is 69.6 Å². The summed E-state index contributed by atoms with van der Waals surface area (Å²) in [6, 6.07) is 10.8. The van der Waals surface area contributed by atoms with Gasteiger partial charge in [-0.2, -0.15) is 0 Å². The highest BCUT2D eigenvalue weighted by Gasteiger charge is 2.48. The average Bonchev–Trinajstić information content (AvgIpc) is 2.72. The number of phenols is 1. The number of benzene rings is 2. The van der Waals surface area contributed by atoms with Crippen molar-refractivity contribution in [3.8, 4) is 5.75 Å². The number of aromatic nitrogens is 2. The van der Waals surface area contributed by atoms with Crippen molar-refractivity contribution in [2.45, 2.75) is 24.8 Å². The van der Waals surface area contributed by atoms with Gasteiger partial charge in [0, 0.05) is 42.7 Å². The molecule has 6 nitrogen and oxygen atoms in total. The molecule has 0 saturated carbocycles. The molecule has 2 aromatic carbocycles. The summed E-state index contributed by atoms with van der Waals surface area (Å²) in [5.41, 5.74) is 3.11. The number of halogens is 1. The third-order valence-electron chi connectivity index (χ3n) is 6.17. The summed E-state index contributed by atoms with van der Waals surface area (Å²) in [6.45, 7) is 2.30. The fraction of sp³-hybridized carbons (Fsp3) is 0.318. The van der Waals surface area contributed by atoms with E-state index in [-0.39, 0.29) is 17.2 Å². The van der Waals surface area contributed by atoms with Crippen molar-refractivity contribution in [1.82, 2.24) is 14.9 Å². The van der Waals surface area contributed by atoms with Crippen LogP contribution in [0.1, 0.15) is 29.6 Å². The monoisotopic (exact) mass is 408 g/mol. The molecule has 1 aromatic heterocycles. The van der Waals surface area contributed by atoms with Crippen LogP contribution in [0.25, 0.3) is 11.0 Å². The smallest absolute Gasteiger partial charge is 0.257 e. The minimum absolute atomic E-state index is 0.0637. The van der Waals surface area contributed by atoms with Crippen molar-refractivity contribution >= 4 is 34.2 Å². The Kier molecular flexibility index (Phi) is 4.32. The fourth-order valence-electron chi connectivity index (χ4n) is 4.63. The van der Waals surface area contributed by atoms with Crippen LogP contribution in [0.2, 0.25) is 5.02 Å². The lowest BCUT2D eigenvalue weighted by atomic mass is 9.77. The number of anilines is 1. The molecule has 0 radical (unpaired) electrons. The van der Waals surface area contributed by atoms with Crippen LogP contribution in [0.5, 0.6) is 5.75 Å². The number of amides is 1. The van der Waals surface area contributed by atoms with Crippen LogP contribution in [0, 0.1) is 0 Å². The molecule has 2 aliphatic heterocycles. The maximum atomic E-state index is 13.1. The quantitative estimate of drug-likeness (QED) is 0.697. The van der Waals surface area contributed by atoms with Crippen LogP contribution in [-0.2, 0) is 0 Å². The van der Waals surface area contributed by atoms with Gasteiger partial charge < -0.3 is 14.9 Å². The lowest BCUT2D eigenvalue weighted by Crippen LogP contribution is -2.67. The number of aromatic hydroxyl groups is 1. The maximum Gasteiger partial charge on any atom is 0.257 e. The minimum Gasteiger partial charge on any atom is -0.507 e. The van der Waals surface area contributed by atoms with Gasteiger partial charge in [0.2, 0.25) is 0 Å². The fourth-order valence-corrected chi connectivity index (χ4v) is 4.79. The van der Waals surface area contributed by atoms with Crippen LogP contribution in [0.3, 0.4) is 0 Å². The summed E-state index contributed by atoms with van der Waals surface area (Å²) >= 11 is 5.91. The predicted octanol–water partition coefficient (Wildman–Crippen LogP) is 3.87. The zero-order valence-corrected chi connectivity index (χ0v) is 16.6. The molecular weight excluding hydrogens is 388 g/mol. The summed E-state index contributed by atoms with van der Waals surface area (Å²) in [6.07, 6.45) is 6.43. The number of fused-ring (bicyclic) bond motifs is 1. The molecule has 5 rings (SSSR count). The van der Waals surface area contributed by atoms with Crippen LogP contribution in [0.15, 0.2) is 48.8 Å². The standard InChI is InChI=1S/C22H21ClN4O2/c23-15-2-4-17(20(28)12-15)21(29)26-10-1-6-22(14-26)7-11-27(22)16-3-5-18-19(13-16)25-9-8-24-18/h2-5,8-9,12-13,28H,1,6-7,10-11,14H2. The van der Waals surface area contributed by atoms with Gasteiger partial charge in [-0.3, -0.25) is 14.8 Å². The zero-order chi connectivity index (χ0) is 20.0. The third kappa shape index (κ3) is 3.08. The van der Waals surface area contributed by atoms with E-state index < -0.39 is 0 Å². The number of piperidine rings is 1. The summed E-state index contributed by atoms with van der Waals surface area (Å²) in [4.78, 5) is 26.1. The molecule has 3 aromatic rings. The Balaban J connectivity index is 1.41. The normalized spacial score (nSPS) is 21.4. The maximum absolute atomic E-state index is 13.1. The van der Waals surface area contributed by atoms with Gasteiger partial charge in [-0.15, -0.1) is 0 Å². The first-order valence-corrected chi connectivity index (χ1v) is 10.2. The number of likely N-dealkylation sites (tertiary alicyclic amines) is 1. The van der Waals surface area contributed by atoms with Gasteiger partial charge in [0.1, 0.15) is 5.75 Å². The number of nitrogens with zero attached hydrogens (tertiary/aromatic N) is 4. The van der Waals surface area contributed by atoms with Gasteiger partial charge in [-0.05, 0) is 55.7 Å². The first kappa shape index (κ1) is 18.2. The summed E-state index contributed by atoms with van der Waals surface area (Å²) in [7, 11) is 0. The van der Waals surface area contributed by atoms with E-state index in [4.69, 9.17) is 11.6 Å². The first-order valence-electron chi connectivity index (χ1n) is 9.82. The molecule has 0 aliphatic carbocycles. The van der Waals surface area contributed by atoms with Crippen molar-refractivity contribution in [3.05, 3.63) is 59.4 Å². The third-order valence-corrected chi connectivity index (χ3v) is 6.41. The predicted molar refractivity (Wildman–Crippen MR) is 112 cm³/mol. The SMILES string of the molecule is O=C(c1ccc(Cl)cc1O)N1CCCC2(CCN2c2ccc3nccnc3c2)C1. The second kappa shape index (κ2) is 6.88. The molecule has 2 fully saturated rings. The Bertz CT molecular complexity index is 1110. The highest BCUT2D eigenvalue weighted by Crippen LogP contribution is 2.43. The van der Waals surface area contributed by atoms with E-state index in [1.54, 1.807) is 24.5 Å². The molecule has 2 aliphatic rings. The second-order valence-electron chi connectivity index (χ2n) is 7.85. The van der Waals surface area contributed by atoms with Crippen molar-refractivity contribution in [1.29, 1.82) is 0 Å². The number of hydrogen-bond acceptors (Lipinski definition) is 5. The summed E-state index contributed by atoms with van der Waals surface area (Å²) < 4.78 is 0. The molecule has 1 unspecified atom stereocenters. The molecule has 1 spiro atoms. The lowest BCUT2D eigenvalue weighted by Gasteiger charge is -2.58. The Morgan fingerprint density at radius 3 is 2.62 bits per heavy atom. The Morgan fingerprint density at radius 2 is 1.86 bits per heavy atom. The van der Waals surface area contributed by atoms with E-state index in [0.29, 0.717) is 23.7 Å². The molecule has 2 saturated heterocycles. The Labute approximate surface area is 173 Å². The van der Waals surface area contributed by atoms with E-state index in [0.717, 1.165) is 42.5 Å². The van der Waals surface area contributed by atoms with Gasteiger partial charge in [0.15, 0.2) is 0 Å². The number of phenolic OH excluding ortho intramolecular Hbond substituents is 1. The number of rotatable bonds is 2. The summed E-state index contributed by atoms with van der Waals surface area (Å²) in [5, 5.41) is 10.6. The number of hydrogen-bond donors (Lipinski definition) is 1. The van der Waals surface area contributed by atoms with Crippen molar-refractivity contribution < 1.29 is 9.90 Å². The number of carbonyl (C=O) groups is 1. The van der Waals surface area contributed by atoms with E-state index in [1.807, 2.05) is 11.0 Å². The van der Waals surface area contributed by atoms with Crippen molar-refractivity contribution in [3.63, 3.8) is 0 Å². The molecule has 0 bridgehead atoms. The van der Waals surface area contributed by atoms with Crippen LogP contribution < -0.4 is 4.90 Å². The van der Waals surface area contributed by atoms with Crippen LogP contribution >= 0.6 is 11.6 Å². The van der Waals surface area contributed by atoms with Gasteiger partial charge in [-0.1, -0.05) is 11.6 Å². The molecule has 29 heavy (non-hydrogen) atoms. The Hall–Kier alpha value is -2.86. The Morgan fingerprint density at radius 1 is 1.03 bits per heavy atom. The van der Waals surface area contributed by atoms with E-state index in [1.165, 1.54) is 6.07 Å². The highest BCUT2D eigenvalue weighted by atomic mass is 35.5. The van der Waals surface area contributed by atoms with E-state index in [2.05, 4.69) is 27.0 Å². The van der Waals surface area contributed by atoms with Gasteiger partial charge >= 0.3 is 0 Å². The van der Waals surface area contributed by atoms with Crippen molar-refractivity contribution in [2.75, 3.05) is 24.5 Å². The molecule has 1 amide bonds. The first-order chi connectivity index (χ1) is 14.1. The lowest BCUT2D eigenvalue weighted by molar-refractivity contribution is 0.0560. The molecule has 148 valence electrons. The molecular formula is C22H21ClN4O2. The van der Waals surface area contributed by atoms with E-state index in [9.17, 15) is 9.90 Å². The summed E-state index contributed by atoms with van der Waals surface area (Å²) in [5.74, 6) is -0.213. The molecule has 1 atom stereocenters. The van der Waals surface area contributed by atoms with Gasteiger partial charge in [-0.25, -0.2) is 0 Å². The van der Waals surface area contributed by atoms with Crippen LogP contribution in [-0.4, -0.2) is 51.1 Å². The van der Waals surface area contributed by atoms with Gasteiger partial charge in [0.25, 0.3) is 5.91 Å². The molecule has 7 heteroatoms. The highest BCUT2D eigenvalue weighted by molar-refractivity contribution is 6.30. The van der Waals surface area contributed by atoms with E-state index >= 15 is 0 Å². The molecule has 3 heterocycles. The second-order valence-corrected chi connectivity index (χ2v) is 8.28. The molecule has 1 N–H and O–H groups in total. The zero-order valence-electron chi connectivity index (χ0n) is 15.9. The van der Waals surface area contributed by atoms with Gasteiger partial charge in [0.05, 0.1) is 22.1 Å². The van der Waals surface area contributed by atoms with Crippen molar-refractivity contribution in [2.24, 2.45) is 0 Å². The average molecular weight is 409 g/mol. The number of carbonyl (C=O) groups excluding carboxylic acids is 1.